The van der Waals surface area contributed by atoms with Gasteiger partial charge >= 0.3 is 0 Å². The summed E-state index contributed by atoms with van der Waals surface area (Å²) in [4.78, 5) is 44.8. The maximum absolute atomic E-state index is 13.3. The van der Waals surface area contributed by atoms with E-state index in [0.29, 0.717) is 31.5 Å². The van der Waals surface area contributed by atoms with Crippen LogP contribution in [0, 0.1) is 0 Å². The Kier molecular flexibility index (Phi) is 8.51. The number of nitrogens with one attached hydrogen (secondary N) is 1. The number of piperidine rings is 1. The number of likely N-dealkylation sites (tertiary alicyclic amines) is 3. The maximum atomic E-state index is 13.3. The number of amides is 2. The van der Waals surface area contributed by atoms with Crippen LogP contribution >= 0.6 is 11.3 Å². The third kappa shape index (κ3) is 6.42. The smallest absolute Gasteiger partial charge is 0.250 e. The van der Waals surface area contributed by atoms with Gasteiger partial charge in [0, 0.05) is 36.1 Å². The Bertz CT molecular complexity index is 1330. The molecule has 4 heterocycles. The van der Waals surface area contributed by atoms with Crippen LogP contribution in [-0.2, 0) is 19.6 Å². The number of nitrogens with zero attached hydrogens (tertiary/aromatic N) is 3. The van der Waals surface area contributed by atoms with Crippen LogP contribution in [0.3, 0.4) is 0 Å². The van der Waals surface area contributed by atoms with Gasteiger partial charge in [-0.2, -0.15) is 4.72 Å². The highest BCUT2D eigenvalue weighted by atomic mass is 32.2. The SMILES string of the molecule is CC(=O)c1cccc(-c2ccc(S(=O)(=O)N[C@H]3CCCN(CC(=O)N4CCC[C@H]4CN4CCCC4)C3=O)s2)c1. The summed E-state index contributed by atoms with van der Waals surface area (Å²) in [5, 5.41) is 0. The lowest BCUT2D eigenvalue weighted by molar-refractivity contribution is -0.143. The molecule has 3 fully saturated rings. The Morgan fingerprint density at radius 1 is 1.00 bits per heavy atom. The highest BCUT2D eigenvalue weighted by Crippen LogP contribution is 2.32. The minimum absolute atomic E-state index is 0.0107. The first-order chi connectivity index (χ1) is 18.7. The van der Waals surface area contributed by atoms with Gasteiger partial charge in [0.05, 0.1) is 6.54 Å². The molecule has 3 aliphatic rings. The fourth-order valence-corrected chi connectivity index (χ4v) is 8.38. The highest BCUT2D eigenvalue weighted by molar-refractivity contribution is 7.91. The zero-order valence-corrected chi connectivity index (χ0v) is 23.9. The number of benzene rings is 1. The van der Waals surface area contributed by atoms with Crippen molar-refractivity contribution in [1.82, 2.24) is 19.4 Å². The molecule has 39 heavy (non-hydrogen) atoms. The second-order valence-corrected chi connectivity index (χ2v) is 13.7. The van der Waals surface area contributed by atoms with Crippen LogP contribution in [0.5, 0.6) is 0 Å². The Morgan fingerprint density at radius 3 is 2.54 bits per heavy atom. The molecule has 11 heteroatoms. The molecule has 210 valence electrons. The van der Waals surface area contributed by atoms with Gasteiger partial charge in [0.25, 0.3) is 10.0 Å². The minimum Gasteiger partial charge on any atom is -0.337 e. The molecule has 1 aromatic carbocycles. The van der Waals surface area contributed by atoms with Gasteiger partial charge in [0.1, 0.15) is 10.3 Å². The number of hydrogen-bond donors (Lipinski definition) is 1. The first-order valence-corrected chi connectivity index (χ1v) is 16.1. The summed E-state index contributed by atoms with van der Waals surface area (Å²) < 4.78 is 29.1. The summed E-state index contributed by atoms with van der Waals surface area (Å²) >= 11 is 1.09. The largest absolute Gasteiger partial charge is 0.337 e. The molecule has 2 atom stereocenters. The fraction of sp³-hybridized carbons (Fsp3) is 0.536. The molecule has 3 saturated heterocycles. The van der Waals surface area contributed by atoms with E-state index in [2.05, 4.69) is 9.62 Å². The van der Waals surface area contributed by atoms with E-state index in [9.17, 15) is 22.8 Å². The van der Waals surface area contributed by atoms with Crippen molar-refractivity contribution in [3.05, 3.63) is 42.0 Å². The van der Waals surface area contributed by atoms with Gasteiger partial charge in [-0.15, -0.1) is 11.3 Å². The van der Waals surface area contributed by atoms with E-state index < -0.39 is 16.1 Å². The quantitative estimate of drug-likeness (QED) is 0.463. The molecule has 9 nitrogen and oxygen atoms in total. The first-order valence-electron chi connectivity index (χ1n) is 13.8. The van der Waals surface area contributed by atoms with Crippen LogP contribution in [0.25, 0.3) is 10.4 Å². The van der Waals surface area contributed by atoms with Gasteiger partial charge in [-0.25, -0.2) is 8.42 Å². The Labute approximate surface area is 234 Å². The van der Waals surface area contributed by atoms with E-state index in [0.717, 1.165) is 54.3 Å². The summed E-state index contributed by atoms with van der Waals surface area (Å²) in [7, 11) is -3.94. The van der Waals surface area contributed by atoms with Gasteiger partial charge in [-0.3, -0.25) is 14.4 Å². The summed E-state index contributed by atoms with van der Waals surface area (Å²) in [6.07, 6.45) is 5.39. The molecular formula is C28H36N4O5S2. The lowest BCUT2D eigenvalue weighted by Gasteiger charge is -2.34. The summed E-state index contributed by atoms with van der Waals surface area (Å²) in [5.41, 5.74) is 1.32. The van der Waals surface area contributed by atoms with Crippen LogP contribution in [0.1, 0.15) is 55.8 Å². The predicted molar refractivity (Wildman–Crippen MR) is 150 cm³/mol. The number of sulfonamides is 1. The van der Waals surface area contributed by atoms with E-state index in [4.69, 9.17) is 0 Å². The van der Waals surface area contributed by atoms with Crippen molar-refractivity contribution >= 4 is 39.0 Å². The number of carbonyl (C=O) groups excluding carboxylic acids is 3. The van der Waals surface area contributed by atoms with Crippen LogP contribution in [0.2, 0.25) is 0 Å². The molecular weight excluding hydrogens is 536 g/mol. The second kappa shape index (κ2) is 11.9. The van der Waals surface area contributed by atoms with Crippen molar-refractivity contribution in [3.63, 3.8) is 0 Å². The van der Waals surface area contributed by atoms with Crippen molar-refractivity contribution in [3.8, 4) is 10.4 Å². The highest BCUT2D eigenvalue weighted by Gasteiger charge is 2.36. The molecule has 2 aromatic rings. The second-order valence-electron chi connectivity index (χ2n) is 10.7. The zero-order chi connectivity index (χ0) is 27.6. The normalized spacial score (nSPS) is 22.5. The zero-order valence-electron chi connectivity index (χ0n) is 22.3. The Morgan fingerprint density at radius 2 is 1.77 bits per heavy atom. The van der Waals surface area contributed by atoms with Crippen LogP contribution < -0.4 is 4.72 Å². The topological polar surface area (TPSA) is 107 Å². The van der Waals surface area contributed by atoms with E-state index in [-0.39, 0.29) is 34.4 Å². The molecule has 2 amide bonds. The van der Waals surface area contributed by atoms with Gasteiger partial charge in [-0.05, 0) is 82.3 Å². The lowest BCUT2D eigenvalue weighted by Crippen LogP contribution is -2.55. The molecule has 0 aliphatic carbocycles. The molecule has 0 saturated carbocycles. The van der Waals surface area contributed by atoms with Gasteiger partial charge < -0.3 is 14.7 Å². The molecule has 5 rings (SSSR count). The summed E-state index contributed by atoms with van der Waals surface area (Å²) in [6.45, 7) is 5.70. The number of hydrogen-bond acceptors (Lipinski definition) is 7. The summed E-state index contributed by atoms with van der Waals surface area (Å²) in [5.74, 6) is -0.461. The number of carbonyl (C=O) groups is 3. The number of rotatable bonds is 9. The number of ketones is 1. The summed E-state index contributed by atoms with van der Waals surface area (Å²) in [6, 6.07) is 9.58. The fourth-order valence-electron chi connectivity index (χ4n) is 5.83. The van der Waals surface area contributed by atoms with E-state index in [1.165, 1.54) is 30.7 Å². The van der Waals surface area contributed by atoms with E-state index in [1.54, 1.807) is 24.3 Å². The molecule has 1 N–H and O–H groups in total. The molecule has 0 bridgehead atoms. The van der Waals surface area contributed by atoms with Crippen LogP contribution in [-0.4, -0.2) is 92.1 Å². The molecule has 1 aromatic heterocycles. The number of thiophene rings is 1. The van der Waals surface area contributed by atoms with Crippen LogP contribution in [0.15, 0.2) is 40.6 Å². The Balaban J connectivity index is 1.21. The standard InChI is InChI=1S/C28H36N4O5S2/c1-20(33)21-7-4-8-22(17-21)25-11-12-27(38-25)39(36,37)29-24-10-6-15-31(28(24)35)19-26(34)32-16-5-9-23(32)18-30-13-2-3-14-30/h4,7-8,11-12,17,23-24,29H,2-3,5-6,9-10,13-16,18-19H2,1H3/t23-,24-/m0/s1. The molecule has 0 unspecified atom stereocenters. The third-order valence-electron chi connectivity index (χ3n) is 7.92. The van der Waals surface area contributed by atoms with E-state index >= 15 is 0 Å². The molecule has 0 spiro atoms. The van der Waals surface area contributed by atoms with Crippen molar-refractivity contribution in [2.24, 2.45) is 0 Å². The van der Waals surface area contributed by atoms with Crippen molar-refractivity contribution in [2.75, 3.05) is 39.3 Å². The Hall–Kier alpha value is -2.60. The minimum atomic E-state index is -3.94. The van der Waals surface area contributed by atoms with Gasteiger partial charge in [0.15, 0.2) is 5.78 Å². The maximum Gasteiger partial charge on any atom is 0.250 e. The van der Waals surface area contributed by atoms with Crippen molar-refractivity contribution < 1.29 is 22.8 Å². The predicted octanol–water partition coefficient (Wildman–Crippen LogP) is 2.97. The average Bonchev–Trinajstić information content (AvgIpc) is 3.69. The van der Waals surface area contributed by atoms with Gasteiger partial charge in [-0.1, -0.05) is 18.2 Å². The monoisotopic (exact) mass is 572 g/mol. The molecule has 3 aliphatic heterocycles. The van der Waals surface area contributed by atoms with E-state index in [1.807, 2.05) is 11.0 Å². The first kappa shape index (κ1) is 27.9. The third-order valence-corrected chi connectivity index (χ3v) is 11.0. The van der Waals surface area contributed by atoms with Crippen molar-refractivity contribution in [1.29, 1.82) is 0 Å². The van der Waals surface area contributed by atoms with Gasteiger partial charge in [0.2, 0.25) is 11.8 Å². The molecule has 0 radical (unpaired) electrons. The van der Waals surface area contributed by atoms with Crippen LogP contribution in [0.4, 0.5) is 0 Å². The average molecular weight is 573 g/mol. The lowest BCUT2D eigenvalue weighted by atomic mass is 10.1. The van der Waals surface area contributed by atoms with Crippen molar-refractivity contribution in [2.45, 2.75) is 61.7 Å². The number of Topliss-reactive ketones (excluding diaryl/α,β-unsaturated/α-hetero) is 1.